The summed E-state index contributed by atoms with van der Waals surface area (Å²) in [4.78, 5) is 25.3. The topological polar surface area (TPSA) is 112 Å². The van der Waals surface area contributed by atoms with Crippen molar-refractivity contribution in [1.29, 1.82) is 0 Å². The van der Waals surface area contributed by atoms with Crippen LogP contribution in [0.1, 0.15) is 34.8 Å². The highest BCUT2D eigenvalue weighted by atomic mass is 16.2. The van der Waals surface area contributed by atoms with Crippen molar-refractivity contribution in [3.8, 4) is 0 Å². The molecule has 1 atom stereocenters. The number of aromatic nitrogens is 6. The molecule has 0 aromatic carbocycles. The van der Waals surface area contributed by atoms with Crippen LogP contribution in [0.25, 0.3) is 0 Å². The maximum atomic E-state index is 12.7. The lowest BCUT2D eigenvalue weighted by molar-refractivity contribution is -0.119. The molecule has 27 heavy (non-hydrogen) atoms. The molecule has 3 heterocycles. The van der Waals surface area contributed by atoms with Gasteiger partial charge in [-0.2, -0.15) is 15.3 Å². The minimum atomic E-state index is -0.532. The smallest absolute Gasteiger partial charge is 0.276 e. The van der Waals surface area contributed by atoms with Crippen LogP contribution < -0.4 is 10.6 Å². The fraction of sp³-hybridized carbons (Fsp3) is 0.353. The number of nitrogens with one attached hydrogen (secondary N) is 2. The lowest BCUT2D eigenvalue weighted by atomic mass is 10.2. The molecule has 0 bridgehead atoms. The number of carbonyl (C=O) groups is 2. The predicted molar refractivity (Wildman–Crippen MR) is 99.4 cm³/mol. The van der Waals surface area contributed by atoms with Gasteiger partial charge in [-0.15, -0.1) is 0 Å². The van der Waals surface area contributed by atoms with Crippen molar-refractivity contribution in [1.82, 2.24) is 29.3 Å². The summed E-state index contributed by atoms with van der Waals surface area (Å²) in [6.45, 7) is 5.43. The zero-order chi connectivity index (χ0) is 19.7. The van der Waals surface area contributed by atoms with Crippen LogP contribution >= 0.6 is 0 Å². The second-order valence-electron chi connectivity index (χ2n) is 6.35. The first kappa shape index (κ1) is 18.4. The number of rotatable bonds is 5. The van der Waals surface area contributed by atoms with Gasteiger partial charge in [0.05, 0.1) is 35.2 Å². The molecule has 0 aliphatic carbocycles. The SMILES string of the molecule is Cc1ccn(C(C)C(=O)Nc2cnn(C)c2C(=O)Nc2cnn(C)c2C)n1. The molecule has 0 spiro atoms. The van der Waals surface area contributed by atoms with E-state index in [4.69, 9.17) is 0 Å². The molecule has 3 aromatic heterocycles. The fourth-order valence-electron chi connectivity index (χ4n) is 2.61. The first-order valence-corrected chi connectivity index (χ1v) is 8.42. The molecule has 2 N–H and O–H groups in total. The number of carbonyl (C=O) groups excluding carboxylic acids is 2. The predicted octanol–water partition coefficient (Wildman–Crippen LogP) is 1.42. The molecule has 10 nitrogen and oxygen atoms in total. The van der Waals surface area contributed by atoms with E-state index in [1.807, 2.05) is 19.9 Å². The minimum Gasteiger partial charge on any atom is -0.321 e. The molecule has 142 valence electrons. The molecule has 0 aliphatic rings. The van der Waals surface area contributed by atoms with Crippen LogP contribution in [-0.4, -0.2) is 41.2 Å². The maximum absolute atomic E-state index is 12.7. The van der Waals surface area contributed by atoms with E-state index in [2.05, 4.69) is 25.9 Å². The third-order valence-corrected chi connectivity index (χ3v) is 4.41. The molecule has 0 saturated heterocycles. The third-order valence-electron chi connectivity index (χ3n) is 4.41. The van der Waals surface area contributed by atoms with Gasteiger partial charge >= 0.3 is 0 Å². The average molecular weight is 370 g/mol. The number of nitrogens with zero attached hydrogens (tertiary/aromatic N) is 6. The van der Waals surface area contributed by atoms with Gasteiger partial charge < -0.3 is 10.6 Å². The van der Waals surface area contributed by atoms with Crippen LogP contribution in [0.5, 0.6) is 0 Å². The highest BCUT2D eigenvalue weighted by molar-refractivity contribution is 6.09. The maximum Gasteiger partial charge on any atom is 0.276 e. The molecule has 3 aromatic rings. The highest BCUT2D eigenvalue weighted by Gasteiger charge is 2.23. The summed E-state index contributed by atoms with van der Waals surface area (Å²) in [6, 6.07) is 1.29. The van der Waals surface area contributed by atoms with Crippen LogP contribution in [-0.2, 0) is 18.9 Å². The van der Waals surface area contributed by atoms with Gasteiger partial charge in [-0.3, -0.25) is 23.6 Å². The molecule has 0 saturated carbocycles. The molecule has 0 fully saturated rings. The van der Waals surface area contributed by atoms with Gasteiger partial charge in [-0.1, -0.05) is 0 Å². The Balaban J connectivity index is 1.78. The summed E-state index contributed by atoms with van der Waals surface area (Å²) < 4.78 is 4.65. The van der Waals surface area contributed by atoms with Gasteiger partial charge in [-0.05, 0) is 26.8 Å². The van der Waals surface area contributed by atoms with Crippen LogP contribution in [0.2, 0.25) is 0 Å². The summed E-state index contributed by atoms with van der Waals surface area (Å²) in [5, 5.41) is 18.0. The summed E-state index contributed by atoms with van der Waals surface area (Å²) in [5.41, 5.74) is 2.82. The Morgan fingerprint density at radius 2 is 1.70 bits per heavy atom. The highest BCUT2D eigenvalue weighted by Crippen LogP contribution is 2.20. The van der Waals surface area contributed by atoms with Crippen molar-refractivity contribution in [3.05, 3.63) is 41.7 Å². The first-order valence-electron chi connectivity index (χ1n) is 8.42. The fourth-order valence-corrected chi connectivity index (χ4v) is 2.61. The first-order chi connectivity index (χ1) is 12.8. The lowest BCUT2D eigenvalue weighted by Crippen LogP contribution is -2.26. The molecule has 10 heteroatoms. The number of aryl methyl sites for hydroxylation is 3. The standard InChI is InChI=1S/C17H22N8O2/c1-10-6-7-25(22-10)12(3)16(26)21-14-9-19-24(5)15(14)17(27)20-13-8-18-23(4)11(13)2/h6-9,12H,1-5H3,(H,20,27)(H,21,26). The van der Waals surface area contributed by atoms with E-state index in [9.17, 15) is 9.59 Å². The van der Waals surface area contributed by atoms with Crippen molar-refractivity contribution in [2.75, 3.05) is 10.6 Å². The Morgan fingerprint density at radius 3 is 2.30 bits per heavy atom. The van der Waals surface area contributed by atoms with E-state index in [-0.39, 0.29) is 17.5 Å². The van der Waals surface area contributed by atoms with Crippen molar-refractivity contribution < 1.29 is 9.59 Å². The Labute approximate surface area is 156 Å². The molecule has 0 aliphatic heterocycles. The van der Waals surface area contributed by atoms with Gasteiger partial charge in [0, 0.05) is 20.3 Å². The van der Waals surface area contributed by atoms with Crippen molar-refractivity contribution >= 4 is 23.2 Å². The van der Waals surface area contributed by atoms with E-state index < -0.39 is 6.04 Å². The Morgan fingerprint density at radius 1 is 1.04 bits per heavy atom. The summed E-state index contributed by atoms with van der Waals surface area (Å²) in [6.07, 6.45) is 4.76. The van der Waals surface area contributed by atoms with E-state index in [0.29, 0.717) is 11.4 Å². The summed E-state index contributed by atoms with van der Waals surface area (Å²) in [5.74, 6) is -0.679. The number of amides is 2. The van der Waals surface area contributed by atoms with E-state index in [1.165, 1.54) is 10.9 Å². The number of hydrogen-bond acceptors (Lipinski definition) is 5. The average Bonchev–Trinajstić information content (AvgIpc) is 3.30. The van der Waals surface area contributed by atoms with Crippen LogP contribution in [0, 0.1) is 13.8 Å². The Hall–Kier alpha value is -3.43. The molecule has 1 unspecified atom stereocenters. The van der Waals surface area contributed by atoms with E-state index in [1.54, 1.807) is 42.8 Å². The van der Waals surface area contributed by atoms with Crippen LogP contribution in [0.4, 0.5) is 11.4 Å². The van der Waals surface area contributed by atoms with Gasteiger partial charge in [-0.25, -0.2) is 0 Å². The zero-order valence-electron chi connectivity index (χ0n) is 15.9. The van der Waals surface area contributed by atoms with Crippen molar-refractivity contribution in [2.45, 2.75) is 26.8 Å². The van der Waals surface area contributed by atoms with E-state index >= 15 is 0 Å². The Kier molecular flexibility index (Phi) is 4.80. The molecule has 2 amide bonds. The summed E-state index contributed by atoms with van der Waals surface area (Å²) >= 11 is 0. The normalized spacial score (nSPS) is 12.0. The van der Waals surface area contributed by atoms with E-state index in [0.717, 1.165) is 11.4 Å². The van der Waals surface area contributed by atoms with Gasteiger partial charge in [0.25, 0.3) is 5.91 Å². The minimum absolute atomic E-state index is 0.246. The quantitative estimate of drug-likeness (QED) is 0.705. The Bertz CT molecular complexity index is 997. The summed E-state index contributed by atoms with van der Waals surface area (Å²) in [7, 11) is 3.43. The van der Waals surface area contributed by atoms with Gasteiger partial charge in [0.15, 0.2) is 0 Å². The molecular formula is C17H22N8O2. The van der Waals surface area contributed by atoms with Gasteiger partial charge in [0.1, 0.15) is 11.7 Å². The number of anilines is 2. The van der Waals surface area contributed by atoms with Crippen molar-refractivity contribution in [2.24, 2.45) is 14.1 Å². The number of hydrogen-bond donors (Lipinski definition) is 2. The molecular weight excluding hydrogens is 348 g/mol. The lowest BCUT2D eigenvalue weighted by Gasteiger charge is -2.13. The monoisotopic (exact) mass is 370 g/mol. The largest absolute Gasteiger partial charge is 0.321 e. The molecule has 0 radical (unpaired) electrons. The third kappa shape index (κ3) is 3.59. The second kappa shape index (κ2) is 7.06. The molecule has 3 rings (SSSR count). The zero-order valence-corrected chi connectivity index (χ0v) is 15.9. The van der Waals surface area contributed by atoms with Gasteiger partial charge in [0.2, 0.25) is 5.91 Å². The van der Waals surface area contributed by atoms with Crippen LogP contribution in [0.15, 0.2) is 24.7 Å². The van der Waals surface area contributed by atoms with Crippen molar-refractivity contribution in [3.63, 3.8) is 0 Å². The van der Waals surface area contributed by atoms with Crippen LogP contribution in [0.3, 0.4) is 0 Å². The second-order valence-corrected chi connectivity index (χ2v) is 6.35.